The third-order valence-corrected chi connectivity index (χ3v) is 7.42. The molecule has 3 N–H and O–H groups in total. The summed E-state index contributed by atoms with van der Waals surface area (Å²) in [6.07, 6.45) is 6.88. The van der Waals surface area contributed by atoms with Crippen LogP contribution < -0.4 is 16.0 Å². The molecule has 5 rings (SSSR count). The standard InChI is InChI=1S/C16H14N4O3S.C10H11N3O2S/c21-14(18-11-5-2-1-3-6-11)9-13-15(22)19-16(24-13)20-17-10-12-7-4-8-23-12;1-2-8-9(14)12-10(16-8)13-11-6-7-4-3-5-15-7/h1-8,10,13H,9H2,(H,18,21)(H,19,20,22);3-6,8H,2H2,1H3,(H,12,13,14)/b17-10-;11-6-. The van der Waals surface area contributed by atoms with Gasteiger partial charge in [0.15, 0.2) is 10.3 Å². The van der Waals surface area contributed by atoms with E-state index in [1.165, 1.54) is 42.2 Å². The second kappa shape index (κ2) is 14.6. The van der Waals surface area contributed by atoms with Gasteiger partial charge in [-0.15, -0.1) is 10.2 Å². The maximum absolute atomic E-state index is 12.0. The third kappa shape index (κ3) is 8.81. The smallest absolute Gasteiger partial charge is 0.240 e. The Morgan fingerprint density at radius 3 is 1.90 bits per heavy atom. The van der Waals surface area contributed by atoms with Crippen LogP contribution in [0.4, 0.5) is 5.69 Å². The maximum Gasteiger partial charge on any atom is 0.240 e. The summed E-state index contributed by atoms with van der Waals surface area (Å²) in [7, 11) is 0. The van der Waals surface area contributed by atoms with E-state index in [1.807, 2.05) is 25.1 Å². The summed E-state index contributed by atoms with van der Waals surface area (Å²) in [5.74, 6) is 0.710. The maximum atomic E-state index is 12.0. The van der Waals surface area contributed by atoms with Gasteiger partial charge in [0.1, 0.15) is 16.8 Å². The van der Waals surface area contributed by atoms with E-state index in [2.05, 4.69) is 36.4 Å². The number of para-hydroxylation sites is 1. The molecule has 12 nitrogen and oxygen atoms in total. The summed E-state index contributed by atoms with van der Waals surface area (Å²) >= 11 is 2.58. The quantitative estimate of drug-likeness (QED) is 0.270. The van der Waals surface area contributed by atoms with Crippen LogP contribution in [0.25, 0.3) is 0 Å². The van der Waals surface area contributed by atoms with Gasteiger partial charge < -0.3 is 24.8 Å². The van der Waals surface area contributed by atoms with Crippen LogP contribution in [0.1, 0.15) is 31.3 Å². The van der Waals surface area contributed by atoms with Crippen molar-refractivity contribution in [3.05, 3.63) is 78.6 Å². The minimum absolute atomic E-state index is 0.000511. The van der Waals surface area contributed by atoms with E-state index in [0.717, 1.165) is 6.42 Å². The van der Waals surface area contributed by atoms with Crippen LogP contribution >= 0.6 is 23.5 Å². The second-order valence-corrected chi connectivity index (χ2v) is 10.4. The zero-order valence-corrected chi connectivity index (χ0v) is 22.9. The van der Waals surface area contributed by atoms with E-state index in [-0.39, 0.29) is 29.4 Å². The van der Waals surface area contributed by atoms with Gasteiger partial charge >= 0.3 is 0 Å². The average molecular weight is 580 g/mol. The number of amides is 3. The van der Waals surface area contributed by atoms with Crippen molar-refractivity contribution in [2.75, 3.05) is 5.32 Å². The number of anilines is 1. The van der Waals surface area contributed by atoms with Crippen molar-refractivity contribution in [2.24, 2.45) is 20.4 Å². The predicted octanol–water partition coefficient (Wildman–Crippen LogP) is 3.84. The van der Waals surface area contributed by atoms with Gasteiger partial charge in [-0.25, -0.2) is 0 Å². The largest absolute Gasteiger partial charge is 0.463 e. The molecule has 3 amide bonds. The van der Waals surface area contributed by atoms with Crippen LogP contribution in [0.2, 0.25) is 0 Å². The van der Waals surface area contributed by atoms with Gasteiger partial charge in [0.2, 0.25) is 17.7 Å². The molecular weight excluding hydrogens is 554 g/mol. The fourth-order valence-corrected chi connectivity index (χ4v) is 5.00. The number of furan rings is 2. The normalized spacial score (nSPS) is 20.6. The fourth-order valence-electron chi connectivity index (χ4n) is 3.22. The number of thioether (sulfide) groups is 2. The molecule has 2 aromatic heterocycles. The van der Waals surface area contributed by atoms with Crippen molar-refractivity contribution >= 4 is 69.7 Å². The number of hydrogen-bond acceptors (Lipinski definition) is 11. The third-order valence-electron chi connectivity index (χ3n) is 5.11. The zero-order chi connectivity index (χ0) is 28.2. The molecule has 0 spiro atoms. The minimum atomic E-state index is -0.522. The van der Waals surface area contributed by atoms with Crippen molar-refractivity contribution in [2.45, 2.75) is 30.3 Å². The Balaban J connectivity index is 0.000000201. The van der Waals surface area contributed by atoms with Gasteiger partial charge in [0.25, 0.3) is 0 Å². The SMILES string of the molecule is CCC1S/C(=N/N=C\c2ccco2)NC1=O.O=C(CC1S/C(=N/N=C\c2ccco2)NC1=O)Nc1ccccc1. The number of carbonyl (C=O) groups is 3. The summed E-state index contributed by atoms with van der Waals surface area (Å²) in [5.41, 5.74) is 0.697. The summed E-state index contributed by atoms with van der Waals surface area (Å²) < 4.78 is 10.1. The van der Waals surface area contributed by atoms with Crippen molar-refractivity contribution in [1.29, 1.82) is 0 Å². The highest BCUT2D eigenvalue weighted by Gasteiger charge is 2.32. The molecule has 40 heavy (non-hydrogen) atoms. The lowest BCUT2D eigenvalue weighted by Crippen LogP contribution is -2.28. The van der Waals surface area contributed by atoms with E-state index < -0.39 is 5.25 Å². The lowest BCUT2D eigenvalue weighted by atomic mass is 10.2. The number of nitrogens with one attached hydrogen (secondary N) is 3. The number of rotatable bonds is 8. The summed E-state index contributed by atoms with van der Waals surface area (Å²) in [6, 6.07) is 16.1. The Hall–Kier alpha value is -4.43. The molecule has 2 unspecified atom stereocenters. The average Bonchev–Trinajstić information content (AvgIpc) is 3.76. The molecule has 2 saturated heterocycles. The predicted molar refractivity (Wildman–Crippen MR) is 156 cm³/mol. The Morgan fingerprint density at radius 1 is 0.850 bits per heavy atom. The van der Waals surface area contributed by atoms with E-state index in [4.69, 9.17) is 8.83 Å². The molecule has 2 atom stereocenters. The van der Waals surface area contributed by atoms with E-state index in [9.17, 15) is 14.4 Å². The van der Waals surface area contributed by atoms with Crippen LogP contribution in [0.3, 0.4) is 0 Å². The zero-order valence-electron chi connectivity index (χ0n) is 21.2. The number of amidine groups is 2. The van der Waals surface area contributed by atoms with Gasteiger partial charge in [0, 0.05) is 12.1 Å². The van der Waals surface area contributed by atoms with E-state index >= 15 is 0 Å². The van der Waals surface area contributed by atoms with Gasteiger partial charge in [-0.3, -0.25) is 14.4 Å². The van der Waals surface area contributed by atoms with E-state index in [0.29, 0.717) is 27.5 Å². The van der Waals surface area contributed by atoms with Gasteiger partial charge in [-0.1, -0.05) is 48.6 Å². The Kier molecular flexibility index (Phi) is 10.5. The molecule has 0 bridgehead atoms. The highest BCUT2D eigenvalue weighted by Crippen LogP contribution is 2.23. The monoisotopic (exact) mass is 579 g/mol. The highest BCUT2D eigenvalue weighted by molar-refractivity contribution is 8.15. The Morgan fingerprint density at radius 2 is 1.40 bits per heavy atom. The molecule has 0 saturated carbocycles. The molecule has 206 valence electrons. The molecule has 3 aromatic rings. The number of hydrogen-bond donors (Lipinski definition) is 3. The first-order chi connectivity index (χ1) is 19.5. The summed E-state index contributed by atoms with van der Waals surface area (Å²) in [5, 5.41) is 23.9. The molecule has 1 aromatic carbocycles. The van der Waals surface area contributed by atoms with Gasteiger partial charge in [-0.05, 0) is 42.8 Å². The van der Waals surface area contributed by atoms with Gasteiger partial charge in [0.05, 0.1) is 30.2 Å². The fraction of sp³-hybridized carbons (Fsp3) is 0.192. The summed E-state index contributed by atoms with van der Waals surface area (Å²) in [4.78, 5) is 35.2. The van der Waals surface area contributed by atoms with Crippen molar-refractivity contribution in [3.63, 3.8) is 0 Å². The first-order valence-electron chi connectivity index (χ1n) is 12.1. The van der Waals surface area contributed by atoms with Crippen LogP contribution in [-0.2, 0) is 14.4 Å². The Bertz CT molecular complexity index is 1400. The molecule has 2 fully saturated rings. The topological polar surface area (TPSA) is 163 Å². The van der Waals surface area contributed by atoms with Crippen molar-refractivity contribution in [3.8, 4) is 0 Å². The first kappa shape index (κ1) is 28.6. The van der Waals surface area contributed by atoms with Crippen molar-refractivity contribution in [1.82, 2.24) is 10.6 Å². The molecule has 14 heteroatoms. The lowest BCUT2D eigenvalue weighted by molar-refractivity contribution is -0.122. The molecule has 0 aliphatic carbocycles. The van der Waals surface area contributed by atoms with Crippen molar-refractivity contribution < 1.29 is 23.2 Å². The highest BCUT2D eigenvalue weighted by atomic mass is 32.2. The Labute approximate surface area is 237 Å². The van der Waals surface area contributed by atoms with Crippen LogP contribution in [0, 0.1) is 0 Å². The molecule has 2 aliphatic rings. The molecular formula is C26H25N7O5S2. The number of carbonyl (C=O) groups excluding carboxylic acids is 3. The van der Waals surface area contributed by atoms with Crippen LogP contribution in [0.15, 0.2) is 96.4 Å². The number of benzene rings is 1. The van der Waals surface area contributed by atoms with Crippen LogP contribution in [-0.4, -0.2) is 51.0 Å². The molecule has 4 heterocycles. The number of nitrogens with zero attached hydrogens (tertiary/aromatic N) is 4. The summed E-state index contributed by atoms with van der Waals surface area (Å²) in [6.45, 7) is 1.96. The van der Waals surface area contributed by atoms with Gasteiger partial charge in [-0.2, -0.15) is 10.2 Å². The lowest BCUT2D eigenvalue weighted by Gasteiger charge is -2.06. The molecule has 0 radical (unpaired) electrons. The van der Waals surface area contributed by atoms with Crippen LogP contribution in [0.5, 0.6) is 0 Å². The minimum Gasteiger partial charge on any atom is -0.463 e. The van der Waals surface area contributed by atoms with E-state index in [1.54, 1.807) is 42.7 Å². The first-order valence-corrected chi connectivity index (χ1v) is 13.8. The molecule has 2 aliphatic heterocycles. The second-order valence-electron chi connectivity index (χ2n) is 8.05.